The first-order valence-corrected chi connectivity index (χ1v) is 6.16. The fraction of sp³-hybridized carbons (Fsp3) is 0.417. The molecule has 5 heteroatoms. The predicted octanol–water partition coefficient (Wildman–Crippen LogP) is 2.08. The van der Waals surface area contributed by atoms with Crippen LogP contribution < -0.4 is 0 Å². The fourth-order valence-electron chi connectivity index (χ4n) is 1.28. The van der Waals surface area contributed by atoms with Crippen molar-refractivity contribution in [3.63, 3.8) is 0 Å². The highest BCUT2D eigenvalue weighted by Crippen LogP contribution is 2.09. The van der Waals surface area contributed by atoms with E-state index >= 15 is 0 Å². The number of likely N-dealkylation sites (N-methyl/N-ethyl adjacent to an activating group) is 1. The number of carbonyl (C=O) groups is 1. The summed E-state index contributed by atoms with van der Waals surface area (Å²) in [6.07, 6.45) is 3.18. The van der Waals surface area contributed by atoms with Gasteiger partial charge in [0.15, 0.2) is 0 Å². The molecule has 1 rings (SSSR count). The van der Waals surface area contributed by atoms with Gasteiger partial charge in [-0.25, -0.2) is 4.98 Å². The molecule has 1 aromatic rings. The number of aromatic nitrogens is 1. The molecule has 0 spiro atoms. The third-order valence-electron chi connectivity index (χ3n) is 2.18. The molecule has 1 atom stereocenters. The minimum Gasteiger partial charge on any atom is -0.341 e. The smallest absolute Gasteiger partial charge is 0.246 e. The van der Waals surface area contributed by atoms with Crippen LogP contribution in [0.4, 0.5) is 0 Å². The SMILES string of the molecule is Cc1nc(/C=C/C(=O)N(C)CC(C)C#N)cs1. The van der Waals surface area contributed by atoms with Crippen molar-refractivity contribution in [1.29, 1.82) is 5.26 Å². The van der Waals surface area contributed by atoms with Gasteiger partial charge in [0.1, 0.15) is 0 Å². The van der Waals surface area contributed by atoms with E-state index in [9.17, 15) is 4.79 Å². The van der Waals surface area contributed by atoms with E-state index in [1.165, 1.54) is 11.0 Å². The molecule has 1 amide bonds. The second kappa shape index (κ2) is 6.16. The summed E-state index contributed by atoms with van der Waals surface area (Å²) in [6, 6.07) is 2.10. The molecule has 1 aromatic heterocycles. The Morgan fingerprint density at radius 1 is 1.76 bits per heavy atom. The first-order chi connectivity index (χ1) is 8.02. The third kappa shape index (κ3) is 4.37. The molecule has 1 heterocycles. The highest BCUT2D eigenvalue weighted by Gasteiger charge is 2.09. The van der Waals surface area contributed by atoms with Gasteiger partial charge in [-0.2, -0.15) is 5.26 Å². The van der Waals surface area contributed by atoms with Crippen LogP contribution in [-0.4, -0.2) is 29.4 Å². The number of nitrogens with zero attached hydrogens (tertiary/aromatic N) is 3. The maximum Gasteiger partial charge on any atom is 0.246 e. The second-order valence-corrected chi connectivity index (χ2v) is 4.94. The van der Waals surface area contributed by atoms with Gasteiger partial charge in [0, 0.05) is 25.0 Å². The van der Waals surface area contributed by atoms with Gasteiger partial charge in [0.2, 0.25) is 5.91 Å². The zero-order chi connectivity index (χ0) is 12.8. The average Bonchev–Trinajstić information content (AvgIpc) is 2.71. The topological polar surface area (TPSA) is 57.0 Å². The van der Waals surface area contributed by atoms with Gasteiger partial charge in [-0.05, 0) is 19.9 Å². The van der Waals surface area contributed by atoms with E-state index in [0.717, 1.165) is 10.7 Å². The van der Waals surface area contributed by atoms with E-state index in [4.69, 9.17) is 5.26 Å². The average molecular weight is 249 g/mol. The van der Waals surface area contributed by atoms with E-state index in [2.05, 4.69) is 11.1 Å². The molecular formula is C12H15N3OS. The number of amides is 1. The highest BCUT2D eigenvalue weighted by molar-refractivity contribution is 7.09. The Labute approximate surface area is 105 Å². The quantitative estimate of drug-likeness (QED) is 0.768. The second-order valence-electron chi connectivity index (χ2n) is 3.87. The van der Waals surface area contributed by atoms with Crippen molar-refractivity contribution < 1.29 is 4.79 Å². The minimum atomic E-state index is -0.154. The summed E-state index contributed by atoms with van der Waals surface area (Å²) in [6.45, 7) is 4.15. The van der Waals surface area contributed by atoms with Crippen LogP contribution in [0.3, 0.4) is 0 Å². The van der Waals surface area contributed by atoms with Crippen molar-refractivity contribution in [3.05, 3.63) is 22.2 Å². The number of nitriles is 1. The molecule has 0 N–H and O–H groups in total. The van der Waals surface area contributed by atoms with E-state index in [0.29, 0.717) is 6.54 Å². The standard InChI is InChI=1S/C12H15N3OS/c1-9(6-13)7-15(3)12(16)5-4-11-8-17-10(2)14-11/h4-5,8-9H,7H2,1-3H3/b5-4+. The van der Waals surface area contributed by atoms with Crippen LogP contribution in [0, 0.1) is 24.2 Å². The summed E-state index contributed by atoms with van der Waals surface area (Å²) in [5.74, 6) is -0.267. The summed E-state index contributed by atoms with van der Waals surface area (Å²) in [5, 5.41) is 11.5. The van der Waals surface area contributed by atoms with E-state index in [1.54, 1.807) is 31.4 Å². The van der Waals surface area contributed by atoms with Gasteiger partial charge in [0.05, 0.1) is 22.7 Å². The van der Waals surface area contributed by atoms with Crippen LogP contribution in [-0.2, 0) is 4.79 Å². The van der Waals surface area contributed by atoms with Crippen molar-refractivity contribution in [2.75, 3.05) is 13.6 Å². The van der Waals surface area contributed by atoms with Gasteiger partial charge < -0.3 is 4.90 Å². The number of hydrogen-bond acceptors (Lipinski definition) is 4. The van der Waals surface area contributed by atoms with Crippen molar-refractivity contribution in [2.24, 2.45) is 5.92 Å². The maximum atomic E-state index is 11.7. The lowest BCUT2D eigenvalue weighted by Crippen LogP contribution is -2.29. The lowest BCUT2D eigenvalue weighted by molar-refractivity contribution is -0.125. The molecule has 0 saturated carbocycles. The molecule has 17 heavy (non-hydrogen) atoms. The molecule has 0 bridgehead atoms. The number of hydrogen-bond donors (Lipinski definition) is 0. The van der Waals surface area contributed by atoms with Gasteiger partial charge in [-0.3, -0.25) is 4.79 Å². The molecule has 0 aliphatic rings. The Bertz CT molecular complexity index is 459. The Morgan fingerprint density at radius 3 is 3.00 bits per heavy atom. The first kappa shape index (κ1) is 13.4. The van der Waals surface area contributed by atoms with Gasteiger partial charge in [0.25, 0.3) is 0 Å². The molecule has 0 aliphatic heterocycles. The van der Waals surface area contributed by atoms with Crippen LogP contribution in [0.15, 0.2) is 11.5 Å². The molecule has 0 saturated heterocycles. The van der Waals surface area contributed by atoms with E-state index in [1.807, 2.05) is 12.3 Å². The largest absolute Gasteiger partial charge is 0.341 e. The van der Waals surface area contributed by atoms with Crippen molar-refractivity contribution in [1.82, 2.24) is 9.88 Å². The third-order valence-corrected chi connectivity index (χ3v) is 2.97. The molecular weight excluding hydrogens is 234 g/mol. The van der Waals surface area contributed by atoms with Crippen molar-refractivity contribution in [3.8, 4) is 6.07 Å². The van der Waals surface area contributed by atoms with Crippen LogP contribution in [0.25, 0.3) is 6.08 Å². The fourth-order valence-corrected chi connectivity index (χ4v) is 1.86. The van der Waals surface area contributed by atoms with Crippen molar-refractivity contribution in [2.45, 2.75) is 13.8 Å². The summed E-state index contributed by atoms with van der Waals surface area (Å²) >= 11 is 1.55. The van der Waals surface area contributed by atoms with Crippen molar-refractivity contribution >= 4 is 23.3 Å². The lowest BCUT2D eigenvalue weighted by Gasteiger charge is -2.15. The van der Waals surface area contributed by atoms with Gasteiger partial charge >= 0.3 is 0 Å². The minimum absolute atomic E-state index is 0.113. The van der Waals surface area contributed by atoms with Crippen LogP contribution in [0.5, 0.6) is 0 Å². The molecule has 1 unspecified atom stereocenters. The molecule has 0 fully saturated rings. The normalized spacial score (nSPS) is 12.4. The molecule has 0 aliphatic carbocycles. The van der Waals surface area contributed by atoms with Crippen LogP contribution in [0.2, 0.25) is 0 Å². The number of carbonyl (C=O) groups excluding carboxylic acids is 1. The first-order valence-electron chi connectivity index (χ1n) is 5.28. The summed E-state index contributed by atoms with van der Waals surface area (Å²) in [5.41, 5.74) is 0.794. The maximum absolute atomic E-state index is 11.7. The Balaban J connectivity index is 2.54. The van der Waals surface area contributed by atoms with E-state index in [-0.39, 0.29) is 11.8 Å². The van der Waals surface area contributed by atoms with E-state index < -0.39 is 0 Å². The Kier molecular flexibility index (Phi) is 4.85. The lowest BCUT2D eigenvalue weighted by atomic mass is 10.2. The molecule has 0 aromatic carbocycles. The predicted molar refractivity (Wildman–Crippen MR) is 68.3 cm³/mol. The van der Waals surface area contributed by atoms with Gasteiger partial charge in [-0.1, -0.05) is 0 Å². The Morgan fingerprint density at radius 2 is 2.47 bits per heavy atom. The molecule has 0 radical (unpaired) electrons. The molecule has 90 valence electrons. The van der Waals surface area contributed by atoms with Crippen LogP contribution in [0.1, 0.15) is 17.6 Å². The zero-order valence-corrected chi connectivity index (χ0v) is 11.0. The highest BCUT2D eigenvalue weighted by atomic mass is 32.1. The Hall–Kier alpha value is -1.67. The summed E-state index contributed by atoms with van der Waals surface area (Å²) in [4.78, 5) is 17.4. The number of thiazole rings is 1. The zero-order valence-electron chi connectivity index (χ0n) is 10.2. The monoisotopic (exact) mass is 249 g/mol. The summed E-state index contributed by atoms with van der Waals surface area (Å²) < 4.78 is 0. The number of aryl methyl sites for hydroxylation is 1. The number of rotatable bonds is 4. The summed E-state index contributed by atoms with van der Waals surface area (Å²) in [7, 11) is 1.69. The van der Waals surface area contributed by atoms with Crippen LogP contribution >= 0.6 is 11.3 Å². The molecule has 4 nitrogen and oxygen atoms in total. The van der Waals surface area contributed by atoms with Gasteiger partial charge in [-0.15, -0.1) is 11.3 Å².